The summed E-state index contributed by atoms with van der Waals surface area (Å²) in [7, 11) is 0. The Morgan fingerprint density at radius 3 is 2.83 bits per heavy atom. The summed E-state index contributed by atoms with van der Waals surface area (Å²) in [5.41, 5.74) is 1.55. The first kappa shape index (κ1) is 14.0. The Balaban J connectivity index is 1.96. The minimum Gasteiger partial charge on any atom is -0.313 e. The molecule has 2 atom stereocenters. The average Bonchev–Trinajstić information content (AvgIpc) is 2.82. The van der Waals surface area contributed by atoms with Crippen LogP contribution in [-0.4, -0.2) is 17.8 Å². The lowest BCUT2D eigenvalue weighted by Crippen LogP contribution is -2.38. The van der Waals surface area contributed by atoms with E-state index >= 15 is 0 Å². The topological polar surface area (TPSA) is 12.0 Å². The van der Waals surface area contributed by atoms with Crippen molar-refractivity contribution in [3.05, 3.63) is 29.8 Å². The quantitative estimate of drug-likeness (QED) is 0.789. The highest BCUT2D eigenvalue weighted by Gasteiger charge is 2.28. The lowest BCUT2D eigenvalue weighted by molar-refractivity contribution is 0.451. The minimum absolute atomic E-state index is 0.683. The molecule has 1 aliphatic rings. The number of fused-ring (bicyclic) bond motifs is 1. The second-order valence-electron chi connectivity index (χ2n) is 5.17. The molecule has 1 aromatic carbocycles. The van der Waals surface area contributed by atoms with Crippen LogP contribution < -0.4 is 5.32 Å². The van der Waals surface area contributed by atoms with Crippen LogP contribution in [0.3, 0.4) is 0 Å². The van der Waals surface area contributed by atoms with Gasteiger partial charge in [-0.25, -0.2) is 0 Å². The molecule has 0 aromatic heterocycles. The number of nitrogens with one attached hydrogen (secondary N) is 1. The van der Waals surface area contributed by atoms with Crippen LogP contribution in [0.15, 0.2) is 29.2 Å². The van der Waals surface area contributed by atoms with Crippen LogP contribution in [0.2, 0.25) is 0 Å². The van der Waals surface area contributed by atoms with Crippen LogP contribution >= 0.6 is 11.8 Å². The van der Waals surface area contributed by atoms with Crippen LogP contribution in [0, 0.1) is 0 Å². The third kappa shape index (κ3) is 3.52. The van der Waals surface area contributed by atoms with Gasteiger partial charge in [0, 0.05) is 16.2 Å². The molecule has 0 saturated carbocycles. The molecule has 1 aromatic rings. The van der Waals surface area contributed by atoms with E-state index in [2.05, 4.69) is 55.2 Å². The molecule has 18 heavy (non-hydrogen) atoms. The lowest BCUT2D eigenvalue weighted by Gasteiger charge is -2.24. The highest BCUT2D eigenvalue weighted by Crippen LogP contribution is 2.39. The number of hydrogen-bond donors (Lipinski definition) is 1. The molecule has 0 radical (unpaired) electrons. The Kier molecular flexibility index (Phi) is 5.58. The van der Waals surface area contributed by atoms with Crippen LogP contribution in [0.5, 0.6) is 0 Å². The molecule has 0 spiro atoms. The van der Waals surface area contributed by atoms with Crippen molar-refractivity contribution in [3.63, 3.8) is 0 Å². The van der Waals surface area contributed by atoms with E-state index in [-0.39, 0.29) is 0 Å². The van der Waals surface area contributed by atoms with E-state index in [0.29, 0.717) is 6.04 Å². The van der Waals surface area contributed by atoms with Crippen molar-refractivity contribution in [2.24, 2.45) is 0 Å². The zero-order valence-electron chi connectivity index (χ0n) is 11.6. The average molecular weight is 263 g/mol. The molecular weight excluding hydrogens is 238 g/mol. The van der Waals surface area contributed by atoms with E-state index in [1.807, 2.05) is 0 Å². The van der Waals surface area contributed by atoms with Crippen molar-refractivity contribution in [2.75, 3.05) is 6.54 Å². The SMILES string of the molecule is CCCCC(NCCC)C1Cc2ccccc2S1. The summed E-state index contributed by atoms with van der Waals surface area (Å²) in [6, 6.07) is 9.58. The third-order valence-electron chi connectivity index (χ3n) is 3.65. The molecular formula is C16H25NS. The summed E-state index contributed by atoms with van der Waals surface area (Å²) < 4.78 is 0. The van der Waals surface area contributed by atoms with Crippen molar-refractivity contribution < 1.29 is 0 Å². The van der Waals surface area contributed by atoms with Crippen LogP contribution in [0.4, 0.5) is 0 Å². The summed E-state index contributed by atoms with van der Waals surface area (Å²) in [6.45, 7) is 5.69. The molecule has 0 fully saturated rings. The fraction of sp³-hybridized carbons (Fsp3) is 0.625. The Hall–Kier alpha value is -0.470. The maximum absolute atomic E-state index is 3.76. The van der Waals surface area contributed by atoms with E-state index in [1.54, 1.807) is 5.56 Å². The van der Waals surface area contributed by atoms with E-state index in [1.165, 1.54) is 37.0 Å². The Bertz CT molecular complexity index is 331. The standard InChI is InChI=1S/C16H25NS/c1-3-5-9-14(17-11-4-2)16-12-13-8-6-7-10-15(13)18-16/h6-8,10,14,16-17H,3-5,9,11-12H2,1-2H3. The van der Waals surface area contributed by atoms with Crippen molar-refractivity contribution in [3.8, 4) is 0 Å². The van der Waals surface area contributed by atoms with Crippen molar-refractivity contribution in [2.45, 2.75) is 62.1 Å². The van der Waals surface area contributed by atoms with E-state index in [0.717, 1.165) is 11.8 Å². The van der Waals surface area contributed by atoms with Gasteiger partial charge in [0.05, 0.1) is 0 Å². The van der Waals surface area contributed by atoms with Gasteiger partial charge in [-0.3, -0.25) is 0 Å². The number of benzene rings is 1. The Morgan fingerprint density at radius 2 is 2.11 bits per heavy atom. The maximum Gasteiger partial charge on any atom is 0.0289 e. The van der Waals surface area contributed by atoms with Crippen molar-refractivity contribution >= 4 is 11.8 Å². The smallest absolute Gasteiger partial charge is 0.0289 e. The third-order valence-corrected chi connectivity index (χ3v) is 5.10. The predicted molar refractivity (Wildman–Crippen MR) is 81.4 cm³/mol. The highest BCUT2D eigenvalue weighted by molar-refractivity contribution is 8.00. The molecule has 2 heteroatoms. The van der Waals surface area contributed by atoms with Gasteiger partial charge >= 0.3 is 0 Å². The first-order valence-corrected chi connectivity index (χ1v) is 8.21. The number of unbranched alkanes of at least 4 members (excludes halogenated alkanes) is 1. The molecule has 0 saturated heterocycles. The largest absolute Gasteiger partial charge is 0.313 e. The van der Waals surface area contributed by atoms with Crippen LogP contribution in [0.25, 0.3) is 0 Å². The fourth-order valence-electron chi connectivity index (χ4n) is 2.61. The summed E-state index contributed by atoms with van der Waals surface area (Å²) in [5.74, 6) is 0. The maximum atomic E-state index is 3.76. The highest BCUT2D eigenvalue weighted by atomic mass is 32.2. The number of rotatable bonds is 7. The minimum atomic E-state index is 0.683. The van der Waals surface area contributed by atoms with Gasteiger partial charge in [-0.05, 0) is 37.4 Å². The summed E-state index contributed by atoms with van der Waals surface area (Å²) in [5, 5.41) is 4.50. The second kappa shape index (κ2) is 7.20. The monoisotopic (exact) mass is 263 g/mol. The summed E-state index contributed by atoms with van der Waals surface area (Å²) in [4.78, 5) is 1.50. The van der Waals surface area contributed by atoms with Gasteiger partial charge in [0.1, 0.15) is 0 Å². The number of thioether (sulfide) groups is 1. The number of hydrogen-bond acceptors (Lipinski definition) is 2. The van der Waals surface area contributed by atoms with Gasteiger partial charge in [0.2, 0.25) is 0 Å². The van der Waals surface area contributed by atoms with Gasteiger partial charge < -0.3 is 5.32 Å². The zero-order valence-corrected chi connectivity index (χ0v) is 12.4. The van der Waals surface area contributed by atoms with Crippen molar-refractivity contribution in [1.82, 2.24) is 5.32 Å². The molecule has 2 rings (SSSR count). The molecule has 100 valence electrons. The van der Waals surface area contributed by atoms with E-state index in [4.69, 9.17) is 0 Å². The Morgan fingerprint density at radius 1 is 1.28 bits per heavy atom. The summed E-state index contributed by atoms with van der Waals surface area (Å²) in [6.07, 6.45) is 6.43. The van der Waals surface area contributed by atoms with Crippen molar-refractivity contribution in [1.29, 1.82) is 0 Å². The fourth-order valence-corrected chi connectivity index (χ4v) is 4.05. The predicted octanol–water partition coefficient (Wildman–Crippen LogP) is 4.26. The second-order valence-corrected chi connectivity index (χ2v) is 6.45. The van der Waals surface area contributed by atoms with Crippen LogP contribution in [0.1, 0.15) is 45.1 Å². The van der Waals surface area contributed by atoms with Gasteiger partial charge in [-0.15, -0.1) is 11.8 Å². The van der Waals surface area contributed by atoms with Gasteiger partial charge in [0.15, 0.2) is 0 Å². The molecule has 1 N–H and O–H groups in total. The van der Waals surface area contributed by atoms with Crippen LogP contribution in [-0.2, 0) is 6.42 Å². The molecule has 1 heterocycles. The summed E-state index contributed by atoms with van der Waals surface area (Å²) >= 11 is 2.08. The zero-order chi connectivity index (χ0) is 12.8. The lowest BCUT2D eigenvalue weighted by atomic mass is 10.0. The van der Waals surface area contributed by atoms with Gasteiger partial charge in [-0.1, -0.05) is 44.9 Å². The van der Waals surface area contributed by atoms with E-state index < -0.39 is 0 Å². The molecule has 0 amide bonds. The normalized spacial score (nSPS) is 19.8. The molecule has 0 aliphatic carbocycles. The molecule has 0 bridgehead atoms. The van der Waals surface area contributed by atoms with Gasteiger partial charge in [0.25, 0.3) is 0 Å². The first-order valence-electron chi connectivity index (χ1n) is 7.33. The van der Waals surface area contributed by atoms with Gasteiger partial charge in [-0.2, -0.15) is 0 Å². The van der Waals surface area contributed by atoms with E-state index in [9.17, 15) is 0 Å². The molecule has 1 aliphatic heterocycles. The molecule has 1 nitrogen and oxygen atoms in total. The molecule has 2 unspecified atom stereocenters. The first-order chi connectivity index (χ1) is 8.85. The Labute approximate surface area is 116 Å².